The SMILES string of the molecule is O=C(O)Oc1cc(OC(=O)O)c(C(=O)N(Cc2ccc(-c3cccnc3)cc2)[C@H]2CCCc3ccccc32)cc1OC(=O)O. The number of aromatic nitrogens is 1. The first-order valence-corrected chi connectivity index (χ1v) is 13.5. The predicted octanol–water partition coefficient (Wildman–Crippen LogP) is 6.64. The maximum Gasteiger partial charge on any atom is 0.511 e. The van der Waals surface area contributed by atoms with Gasteiger partial charge in [0.05, 0.1) is 11.6 Å². The maximum absolute atomic E-state index is 14.4. The van der Waals surface area contributed by atoms with E-state index in [4.69, 9.17) is 14.6 Å². The van der Waals surface area contributed by atoms with Gasteiger partial charge in [0.2, 0.25) is 0 Å². The molecule has 1 aromatic heterocycles. The van der Waals surface area contributed by atoms with Gasteiger partial charge >= 0.3 is 18.5 Å². The highest BCUT2D eigenvalue weighted by Gasteiger charge is 2.33. The van der Waals surface area contributed by atoms with Crippen LogP contribution in [0.1, 0.15) is 45.9 Å². The summed E-state index contributed by atoms with van der Waals surface area (Å²) in [6, 6.07) is 20.3. The van der Waals surface area contributed by atoms with Crippen molar-refractivity contribution in [3.05, 3.63) is 107 Å². The highest BCUT2D eigenvalue weighted by molar-refractivity contribution is 5.99. The molecule has 3 aromatic carbocycles. The second kappa shape index (κ2) is 12.9. The summed E-state index contributed by atoms with van der Waals surface area (Å²) >= 11 is 0. The minimum absolute atomic E-state index is 0.0974. The second-order valence-electron chi connectivity index (χ2n) is 9.88. The molecule has 1 atom stereocenters. The molecule has 44 heavy (non-hydrogen) atoms. The standard InChI is InChI=1S/C32H26N2O10/c35-29(24-15-27(43-31(38)39)28(44-32(40)41)16-26(24)42-30(36)37)34(25-9-3-6-21-5-1-2-8-23(21)25)18-19-10-12-20(13-11-19)22-7-4-14-33-17-22/h1-2,4-5,7-8,10-17,25H,3,6,9,18H2,(H,36,37)(H,38,39)(H,40,41)/t25-/m0/s1. The zero-order chi connectivity index (χ0) is 31.2. The maximum atomic E-state index is 14.4. The number of hydrogen-bond acceptors (Lipinski definition) is 8. The Morgan fingerprint density at radius 2 is 1.43 bits per heavy atom. The van der Waals surface area contributed by atoms with Crippen LogP contribution in [0.2, 0.25) is 0 Å². The van der Waals surface area contributed by atoms with Crippen molar-refractivity contribution in [3.63, 3.8) is 0 Å². The molecule has 4 aromatic rings. The Balaban J connectivity index is 1.60. The topological polar surface area (TPSA) is 173 Å². The van der Waals surface area contributed by atoms with Crippen LogP contribution >= 0.6 is 0 Å². The van der Waals surface area contributed by atoms with E-state index in [0.29, 0.717) is 6.42 Å². The lowest BCUT2D eigenvalue weighted by Crippen LogP contribution is -2.36. The van der Waals surface area contributed by atoms with Crippen LogP contribution in [-0.4, -0.2) is 49.6 Å². The van der Waals surface area contributed by atoms with Crippen LogP contribution in [0.4, 0.5) is 14.4 Å². The fourth-order valence-electron chi connectivity index (χ4n) is 5.30. The van der Waals surface area contributed by atoms with E-state index in [0.717, 1.165) is 52.8 Å². The van der Waals surface area contributed by atoms with Gasteiger partial charge in [0.25, 0.3) is 5.91 Å². The molecular formula is C32H26N2O10. The summed E-state index contributed by atoms with van der Waals surface area (Å²) in [7, 11) is 0. The van der Waals surface area contributed by atoms with Crippen LogP contribution in [0, 0.1) is 0 Å². The van der Waals surface area contributed by atoms with Gasteiger partial charge in [0.1, 0.15) is 0 Å². The van der Waals surface area contributed by atoms with E-state index in [-0.39, 0.29) is 12.1 Å². The predicted molar refractivity (Wildman–Crippen MR) is 154 cm³/mol. The van der Waals surface area contributed by atoms with E-state index in [1.54, 1.807) is 17.3 Å². The van der Waals surface area contributed by atoms with Crippen molar-refractivity contribution in [2.75, 3.05) is 0 Å². The third-order valence-electron chi connectivity index (χ3n) is 7.14. The van der Waals surface area contributed by atoms with Crippen LogP contribution in [-0.2, 0) is 13.0 Å². The largest absolute Gasteiger partial charge is 0.511 e. The third kappa shape index (κ3) is 6.76. The quantitative estimate of drug-likeness (QED) is 0.147. The Kier molecular flexibility index (Phi) is 8.70. The van der Waals surface area contributed by atoms with E-state index < -0.39 is 47.7 Å². The van der Waals surface area contributed by atoms with E-state index in [9.17, 15) is 29.4 Å². The van der Waals surface area contributed by atoms with Crippen LogP contribution in [0.5, 0.6) is 17.2 Å². The average Bonchev–Trinajstić information content (AvgIpc) is 3.00. The third-order valence-corrected chi connectivity index (χ3v) is 7.14. The zero-order valence-corrected chi connectivity index (χ0v) is 23.1. The first-order valence-electron chi connectivity index (χ1n) is 13.5. The molecule has 0 unspecified atom stereocenters. The number of carboxylic acid groups (broad SMARTS) is 3. The molecule has 3 N–H and O–H groups in total. The number of hydrogen-bond donors (Lipinski definition) is 3. The molecule has 1 heterocycles. The van der Waals surface area contributed by atoms with Gasteiger partial charge in [0.15, 0.2) is 17.2 Å². The van der Waals surface area contributed by atoms with Gasteiger partial charge in [0, 0.05) is 31.1 Å². The molecule has 224 valence electrons. The van der Waals surface area contributed by atoms with Crippen molar-refractivity contribution < 1.29 is 48.7 Å². The van der Waals surface area contributed by atoms with Crippen molar-refractivity contribution in [2.45, 2.75) is 31.8 Å². The molecule has 0 spiro atoms. The number of aryl methyl sites for hydroxylation is 1. The number of benzene rings is 3. The number of ether oxygens (including phenoxy) is 3. The van der Waals surface area contributed by atoms with Crippen molar-refractivity contribution in [2.24, 2.45) is 0 Å². The fraction of sp³-hybridized carbons (Fsp3) is 0.156. The molecule has 5 rings (SSSR count). The van der Waals surface area contributed by atoms with Gasteiger partial charge in [-0.05, 0) is 53.1 Å². The first-order chi connectivity index (χ1) is 21.2. The number of pyridine rings is 1. The molecule has 0 bridgehead atoms. The molecule has 0 saturated carbocycles. The Morgan fingerprint density at radius 3 is 2.09 bits per heavy atom. The van der Waals surface area contributed by atoms with Gasteiger partial charge in [-0.3, -0.25) is 9.78 Å². The number of rotatable bonds is 8. The lowest BCUT2D eigenvalue weighted by molar-refractivity contribution is 0.0633. The van der Waals surface area contributed by atoms with Crippen LogP contribution in [0.15, 0.2) is 85.2 Å². The van der Waals surface area contributed by atoms with Crippen molar-refractivity contribution in [3.8, 4) is 28.4 Å². The number of carbonyl (C=O) groups is 4. The molecule has 1 aliphatic carbocycles. The van der Waals surface area contributed by atoms with Crippen LogP contribution < -0.4 is 14.2 Å². The molecular weight excluding hydrogens is 572 g/mol. The summed E-state index contributed by atoms with van der Waals surface area (Å²) in [5.74, 6) is -2.56. The van der Waals surface area contributed by atoms with E-state index in [1.165, 1.54) is 0 Å². The zero-order valence-electron chi connectivity index (χ0n) is 23.1. The Labute approximate surface area is 250 Å². The molecule has 0 radical (unpaired) electrons. The molecule has 12 heteroatoms. The highest BCUT2D eigenvalue weighted by Crippen LogP contribution is 2.40. The Bertz CT molecular complexity index is 1710. The number of fused-ring (bicyclic) bond motifs is 1. The van der Waals surface area contributed by atoms with Gasteiger partial charge in [-0.15, -0.1) is 0 Å². The van der Waals surface area contributed by atoms with Crippen molar-refractivity contribution in [1.82, 2.24) is 9.88 Å². The van der Waals surface area contributed by atoms with Gasteiger partial charge < -0.3 is 34.4 Å². The minimum atomic E-state index is -1.82. The lowest BCUT2D eigenvalue weighted by Gasteiger charge is -2.36. The molecule has 1 aliphatic rings. The number of nitrogens with zero attached hydrogens (tertiary/aromatic N) is 2. The summed E-state index contributed by atoms with van der Waals surface area (Å²) in [5, 5.41) is 27.8. The van der Waals surface area contributed by atoms with Crippen molar-refractivity contribution in [1.29, 1.82) is 0 Å². The first kappa shape index (κ1) is 29.6. The molecule has 1 amide bonds. The molecule has 0 aliphatic heterocycles. The fourth-order valence-corrected chi connectivity index (χ4v) is 5.30. The average molecular weight is 599 g/mol. The Hall–Kier alpha value is -5.91. The normalized spacial score (nSPS) is 13.7. The highest BCUT2D eigenvalue weighted by atomic mass is 16.7. The monoisotopic (exact) mass is 598 g/mol. The van der Waals surface area contributed by atoms with Gasteiger partial charge in [-0.25, -0.2) is 14.4 Å². The van der Waals surface area contributed by atoms with Crippen molar-refractivity contribution >= 4 is 24.4 Å². The summed E-state index contributed by atoms with van der Waals surface area (Å²) in [5.41, 5.74) is 4.23. The number of amides is 1. The van der Waals surface area contributed by atoms with E-state index in [2.05, 4.69) is 9.72 Å². The number of carbonyl (C=O) groups excluding carboxylic acids is 1. The summed E-state index contributed by atoms with van der Waals surface area (Å²) < 4.78 is 14.2. The molecule has 0 fully saturated rings. The smallest absolute Gasteiger partial charge is 0.449 e. The van der Waals surface area contributed by atoms with E-state index in [1.807, 2.05) is 60.7 Å². The van der Waals surface area contributed by atoms with Gasteiger partial charge in [-0.1, -0.05) is 54.6 Å². The minimum Gasteiger partial charge on any atom is -0.449 e. The second-order valence-corrected chi connectivity index (χ2v) is 9.88. The van der Waals surface area contributed by atoms with Gasteiger partial charge in [-0.2, -0.15) is 0 Å². The summed E-state index contributed by atoms with van der Waals surface area (Å²) in [6.45, 7) is 0.0974. The molecule has 12 nitrogen and oxygen atoms in total. The molecule has 0 saturated heterocycles. The lowest BCUT2D eigenvalue weighted by atomic mass is 9.86. The van der Waals surface area contributed by atoms with Crippen LogP contribution in [0.3, 0.4) is 0 Å². The Morgan fingerprint density at radius 1 is 0.773 bits per heavy atom. The summed E-state index contributed by atoms with van der Waals surface area (Å²) in [4.78, 5) is 54.3. The van der Waals surface area contributed by atoms with E-state index >= 15 is 0 Å². The summed E-state index contributed by atoms with van der Waals surface area (Å²) in [6.07, 6.45) is 0.203. The van der Waals surface area contributed by atoms with Crippen LogP contribution in [0.25, 0.3) is 11.1 Å².